The Morgan fingerprint density at radius 3 is 2.31 bits per heavy atom. The van der Waals surface area contributed by atoms with Crippen molar-refractivity contribution in [3.05, 3.63) is 59.9 Å². The first-order valence-electron chi connectivity index (χ1n) is 10.8. The average molecular weight is 464 g/mol. The van der Waals surface area contributed by atoms with E-state index in [0.717, 1.165) is 17.0 Å². The van der Waals surface area contributed by atoms with Crippen molar-refractivity contribution in [1.29, 1.82) is 0 Å². The van der Waals surface area contributed by atoms with Crippen LogP contribution in [0.4, 0.5) is 10.1 Å². The number of halogens is 1. The van der Waals surface area contributed by atoms with Crippen LogP contribution in [0.15, 0.2) is 48.5 Å². The standard InChI is InChI=1S/C23H30FN3O4S/c1-31-22-10-3-19(4-11-22)5-12-23(28)25-13-2-18-32(29,30)27-16-14-26(15-17-27)21-8-6-20(24)7-9-21/h3-4,6-11H,2,5,12-18H2,1H3,(H,25,28). The Balaban J connectivity index is 1.34. The first-order chi connectivity index (χ1) is 15.4. The van der Waals surface area contributed by atoms with Crippen LogP contribution >= 0.6 is 0 Å². The summed E-state index contributed by atoms with van der Waals surface area (Å²) in [5.74, 6) is 0.396. The minimum absolute atomic E-state index is 0.00229. The van der Waals surface area contributed by atoms with E-state index in [-0.39, 0.29) is 17.5 Å². The molecule has 0 bridgehead atoms. The number of sulfonamides is 1. The summed E-state index contributed by atoms with van der Waals surface area (Å²) >= 11 is 0. The van der Waals surface area contributed by atoms with Gasteiger partial charge < -0.3 is 15.0 Å². The van der Waals surface area contributed by atoms with Crippen LogP contribution in [-0.2, 0) is 21.2 Å². The molecule has 0 saturated carbocycles. The minimum Gasteiger partial charge on any atom is -0.497 e. The number of benzene rings is 2. The normalized spacial score (nSPS) is 14.9. The third-order valence-corrected chi connectivity index (χ3v) is 7.48. The third-order valence-electron chi connectivity index (χ3n) is 5.52. The number of carbonyl (C=O) groups excluding carboxylic acids is 1. The van der Waals surface area contributed by atoms with Gasteiger partial charge >= 0.3 is 0 Å². The fourth-order valence-electron chi connectivity index (χ4n) is 3.63. The van der Waals surface area contributed by atoms with Gasteiger partial charge in [-0.2, -0.15) is 4.31 Å². The molecule has 1 saturated heterocycles. The van der Waals surface area contributed by atoms with Crippen molar-refractivity contribution in [2.45, 2.75) is 19.3 Å². The van der Waals surface area contributed by atoms with Crippen molar-refractivity contribution in [2.24, 2.45) is 0 Å². The largest absolute Gasteiger partial charge is 0.497 e. The number of hydrogen-bond acceptors (Lipinski definition) is 5. The van der Waals surface area contributed by atoms with E-state index in [1.165, 1.54) is 16.4 Å². The van der Waals surface area contributed by atoms with Crippen LogP contribution in [0.1, 0.15) is 18.4 Å². The summed E-state index contributed by atoms with van der Waals surface area (Å²) < 4.78 is 44.9. The molecule has 7 nitrogen and oxygen atoms in total. The second-order valence-electron chi connectivity index (χ2n) is 7.73. The van der Waals surface area contributed by atoms with Gasteiger partial charge in [-0.1, -0.05) is 12.1 Å². The predicted octanol–water partition coefficient (Wildman–Crippen LogP) is 2.43. The van der Waals surface area contributed by atoms with Gasteiger partial charge in [0.25, 0.3) is 0 Å². The number of carbonyl (C=O) groups is 1. The number of piperazine rings is 1. The van der Waals surface area contributed by atoms with E-state index < -0.39 is 10.0 Å². The van der Waals surface area contributed by atoms with Crippen LogP contribution < -0.4 is 15.0 Å². The molecule has 3 rings (SSSR count). The summed E-state index contributed by atoms with van der Waals surface area (Å²) in [6, 6.07) is 13.8. The molecule has 1 fully saturated rings. The van der Waals surface area contributed by atoms with Crippen LogP contribution in [0.25, 0.3) is 0 Å². The zero-order valence-electron chi connectivity index (χ0n) is 18.3. The summed E-state index contributed by atoms with van der Waals surface area (Å²) in [5.41, 5.74) is 1.93. The highest BCUT2D eigenvalue weighted by Crippen LogP contribution is 2.18. The predicted molar refractivity (Wildman–Crippen MR) is 123 cm³/mol. The topological polar surface area (TPSA) is 78.9 Å². The van der Waals surface area contributed by atoms with Crippen molar-refractivity contribution < 1.29 is 22.3 Å². The van der Waals surface area contributed by atoms with E-state index in [2.05, 4.69) is 10.2 Å². The third kappa shape index (κ3) is 6.93. The maximum atomic E-state index is 13.1. The summed E-state index contributed by atoms with van der Waals surface area (Å²) in [6.07, 6.45) is 1.34. The molecule has 174 valence electrons. The van der Waals surface area contributed by atoms with Crippen molar-refractivity contribution in [3.8, 4) is 5.75 Å². The first kappa shape index (κ1) is 24.0. The lowest BCUT2D eigenvalue weighted by molar-refractivity contribution is -0.121. The lowest BCUT2D eigenvalue weighted by Crippen LogP contribution is -2.49. The van der Waals surface area contributed by atoms with E-state index in [1.54, 1.807) is 19.2 Å². The van der Waals surface area contributed by atoms with Crippen LogP contribution in [0.3, 0.4) is 0 Å². The van der Waals surface area contributed by atoms with Gasteiger partial charge in [0.05, 0.1) is 12.9 Å². The number of methoxy groups -OCH3 is 1. The summed E-state index contributed by atoms with van der Waals surface area (Å²) in [4.78, 5) is 14.1. The molecule has 1 aliphatic rings. The first-order valence-corrected chi connectivity index (χ1v) is 12.4. The van der Waals surface area contributed by atoms with Gasteiger partial charge in [-0.15, -0.1) is 0 Å². The summed E-state index contributed by atoms with van der Waals surface area (Å²) in [7, 11) is -1.76. The molecule has 1 N–H and O–H groups in total. The number of amides is 1. The fraction of sp³-hybridized carbons (Fsp3) is 0.435. The number of anilines is 1. The highest BCUT2D eigenvalue weighted by Gasteiger charge is 2.26. The average Bonchev–Trinajstić information content (AvgIpc) is 2.81. The molecule has 1 heterocycles. The maximum absolute atomic E-state index is 13.1. The van der Waals surface area contributed by atoms with Crippen LogP contribution in [0.5, 0.6) is 5.75 Å². The van der Waals surface area contributed by atoms with Gasteiger partial charge in [-0.3, -0.25) is 4.79 Å². The van der Waals surface area contributed by atoms with E-state index in [1.807, 2.05) is 24.3 Å². The molecule has 0 radical (unpaired) electrons. The van der Waals surface area contributed by atoms with Gasteiger partial charge in [-0.25, -0.2) is 12.8 Å². The van der Waals surface area contributed by atoms with Gasteiger partial charge in [0.1, 0.15) is 11.6 Å². The molecule has 1 amide bonds. The Kier molecular flexibility index (Phi) is 8.46. The van der Waals surface area contributed by atoms with Crippen LogP contribution in [0.2, 0.25) is 0 Å². The van der Waals surface area contributed by atoms with Gasteiger partial charge in [0.15, 0.2) is 0 Å². The molecule has 0 atom stereocenters. The summed E-state index contributed by atoms with van der Waals surface area (Å²) in [6.45, 7) is 2.25. The second-order valence-corrected chi connectivity index (χ2v) is 9.82. The smallest absolute Gasteiger partial charge is 0.220 e. The fourth-order valence-corrected chi connectivity index (χ4v) is 5.11. The van der Waals surface area contributed by atoms with E-state index in [4.69, 9.17) is 4.74 Å². The molecule has 2 aromatic carbocycles. The summed E-state index contributed by atoms with van der Waals surface area (Å²) in [5, 5.41) is 2.80. The monoisotopic (exact) mass is 463 g/mol. The molecule has 0 spiro atoms. The minimum atomic E-state index is -3.37. The quantitative estimate of drug-likeness (QED) is 0.548. The zero-order chi connectivity index (χ0) is 23.0. The molecule has 9 heteroatoms. The SMILES string of the molecule is COc1ccc(CCC(=O)NCCCS(=O)(=O)N2CCN(c3ccc(F)cc3)CC2)cc1. The van der Waals surface area contributed by atoms with Gasteiger partial charge in [-0.05, 0) is 54.8 Å². The molecule has 0 aromatic heterocycles. The lowest BCUT2D eigenvalue weighted by Gasteiger charge is -2.35. The van der Waals surface area contributed by atoms with E-state index >= 15 is 0 Å². The van der Waals surface area contributed by atoms with Crippen molar-refractivity contribution in [3.63, 3.8) is 0 Å². The molecule has 2 aromatic rings. The molecular formula is C23H30FN3O4S. The Labute approximate surface area is 189 Å². The molecule has 32 heavy (non-hydrogen) atoms. The van der Waals surface area contributed by atoms with Gasteiger partial charge in [0, 0.05) is 44.8 Å². The lowest BCUT2D eigenvalue weighted by atomic mass is 10.1. The molecule has 1 aliphatic heterocycles. The number of nitrogens with one attached hydrogen (secondary N) is 1. The van der Waals surface area contributed by atoms with E-state index in [0.29, 0.717) is 52.0 Å². The molecule has 0 aliphatic carbocycles. The number of aryl methyl sites for hydroxylation is 1. The molecule has 0 unspecified atom stereocenters. The maximum Gasteiger partial charge on any atom is 0.220 e. The Morgan fingerprint density at radius 1 is 1.03 bits per heavy atom. The number of rotatable bonds is 10. The van der Waals surface area contributed by atoms with Gasteiger partial charge in [0.2, 0.25) is 15.9 Å². The molecular weight excluding hydrogens is 433 g/mol. The number of nitrogens with zero attached hydrogens (tertiary/aromatic N) is 2. The Bertz CT molecular complexity index is 973. The van der Waals surface area contributed by atoms with E-state index in [9.17, 15) is 17.6 Å². The number of ether oxygens (including phenoxy) is 1. The zero-order valence-corrected chi connectivity index (χ0v) is 19.1. The van der Waals surface area contributed by atoms with Crippen LogP contribution in [-0.4, -0.2) is 64.2 Å². The van der Waals surface area contributed by atoms with Crippen molar-refractivity contribution in [2.75, 3.05) is 50.5 Å². The highest BCUT2D eigenvalue weighted by atomic mass is 32.2. The van der Waals surface area contributed by atoms with Crippen molar-refractivity contribution >= 4 is 21.6 Å². The Morgan fingerprint density at radius 2 is 1.69 bits per heavy atom. The van der Waals surface area contributed by atoms with Crippen LogP contribution in [0, 0.1) is 5.82 Å². The number of hydrogen-bond donors (Lipinski definition) is 1. The highest BCUT2D eigenvalue weighted by molar-refractivity contribution is 7.89. The van der Waals surface area contributed by atoms with Crippen molar-refractivity contribution in [1.82, 2.24) is 9.62 Å². The Hall–Kier alpha value is -2.65. The second kappa shape index (κ2) is 11.3.